The molecule has 1 aromatic heterocycles. The van der Waals surface area contributed by atoms with Crippen LogP contribution in [0, 0.1) is 6.92 Å². The lowest BCUT2D eigenvalue weighted by Crippen LogP contribution is -2.32. The van der Waals surface area contributed by atoms with Crippen LogP contribution in [-0.4, -0.2) is 30.6 Å². The molecule has 0 aliphatic carbocycles. The van der Waals surface area contributed by atoms with Gasteiger partial charge in [-0.25, -0.2) is 4.98 Å². The average Bonchev–Trinajstić information content (AvgIpc) is 3.20. The van der Waals surface area contributed by atoms with Gasteiger partial charge >= 0.3 is 0 Å². The van der Waals surface area contributed by atoms with Crippen LogP contribution in [0.1, 0.15) is 57.7 Å². The molecule has 0 spiro atoms. The van der Waals surface area contributed by atoms with E-state index in [1.807, 2.05) is 43.3 Å². The minimum Gasteiger partial charge on any atom is -0.493 e. The molecule has 150 valence electrons. The Balaban J connectivity index is 1.41. The molecule has 3 heterocycles. The van der Waals surface area contributed by atoms with Crippen molar-refractivity contribution < 1.29 is 9.53 Å². The number of hydrogen-bond donors (Lipinski definition) is 2. The maximum absolute atomic E-state index is 13.1. The number of ether oxygens (including phenoxy) is 1. The van der Waals surface area contributed by atoms with Crippen LogP contribution in [0.3, 0.4) is 0 Å². The summed E-state index contributed by atoms with van der Waals surface area (Å²) in [5, 5.41) is 7.85. The first-order valence-electron chi connectivity index (χ1n) is 10.3. The Kier molecular flexibility index (Phi) is 4.97. The van der Waals surface area contributed by atoms with Crippen LogP contribution in [0.4, 0.5) is 0 Å². The molecule has 1 atom stereocenters. The molecule has 1 fully saturated rings. The predicted octanol–water partition coefficient (Wildman–Crippen LogP) is 4.33. The first-order chi connectivity index (χ1) is 14.2. The fourth-order valence-corrected chi connectivity index (χ4v) is 5.59. The Labute approximate surface area is 174 Å². The first-order valence-corrected chi connectivity index (χ1v) is 11.2. The lowest BCUT2D eigenvalue weighted by molar-refractivity contribution is 0.0924. The summed E-state index contributed by atoms with van der Waals surface area (Å²) < 4.78 is 6.86. The molecule has 3 aromatic rings. The number of nitrogens with zero attached hydrogens (tertiary/aromatic N) is 1. The van der Waals surface area contributed by atoms with Crippen molar-refractivity contribution in [3.63, 3.8) is 0 Å². The van der Waals surface area contributed by atoms with Crippen LogP contribution >= 0.6 is 11.3 Å². The SMILES string of the molecule is Cc1c(C(=O)N[C@H]2CCOc3ccccc32)ccc2nc(C3CCNCC3)sc12. The van der Waals surface area contributed by atoms with E-state index in [-0.39, 0.29) is 11.9 Å². The summed E-state index contributed by atoms with van der Waals surface area (Å²) in [6, 6.07) is 11.8. The van der Waals surface area contributed by atoms with Gasteiger partial charge in [0.1, 0.15) is 5.75 Å². The van der Waals surface area contributed by atoms with E-state index in [0.717, 1.165) is 65.0 Å². The minimum absolute atomic E-state index is 0.0192. The number of para-hydroxylation sites is 1. The van der Waals surface area contributed by atoms with Crippen molar-refractivity contribution in [1.29, 1.82) is 0 Å². The van der Waals surface area contributed by atoms with Crippen molar-refractivity contribution in [2.75, 3.05) is 19.7 Å². The summed E-state index contributed by atoms with van der Waals surface area (Å²) in [5.41, 5.74) is 3.82. The second-order valence-corrected chi connectivity index (χ2v) is 8.89. The van der Waals surface area contributed by atoms with Gasteiger partial charge in [0.05, 0.1) is 27.9 Å². The van der Waals surface area contributed by atoms with E-state index in [1.54, 1.807) is 11.3 Å². The second kappa shape index (κ2) is 7.76. The molecule has 2 aromatic carbocycles. The third-order valence-corrected chi connectivity index (χ3v) is 7.37. The molecule has 5 nitrogen and oxygen atoms in total. The highest BCUT2D eigenvalue weighted by atomic mass is 32.1. The topological polar surface area (TPSA) is 63.2 Å². The monoisotopic (exact) mass is 407 g/mol. The quantitative estimate of drug-likeness (QED) is 0.679. The summed E-state index contributed by atoms with van der Waals surface area (Å²) in [7, 11) is 0. The Morgan fingerprint density at radius 1 is 1.17 bits per heavy atom. The molecular formula is C23H25N3O2S. The Morgan fingerprint density at radius 3 is 2.86 bits per heavy atom. The second-order valence-electron chi connectivity index (χ2n) is 7.86. The summed E-state index contributed by atoms with van der Waals surface area (Å²) in [4.78, 5) is 18.0. The Morgan fingerprint density at radius 2 is 2.00 bits per heavy atom. The molecule has 0 saturated carbocycles. The molecule has 1 amide bonds. The largest absolute Gasteiger partial charge is 0.493 e. The maximum atomic E-state index is 13.1. The van der Waals surface area contributed by atoms with E-state index < -0.39 is 0 Å². The van der Waals surface area contributed by atoms with Crippen LogP contribution in [-0.2, 0) is 0 Å². The molecule has 1 saturated heterocycles. The fourth-order valence-electron chi connectivity index (χ4n) is 4.36. The van der Waals surface area contributed by atoms with E-state index >= 15 is 0 Å². The van der Waals surface area contributed by atoms with Gasteiger partial charge in [0.2, 0.25) is 0 Å². The lowest BCUT2D eigenvalue weighted by Gasteiger charge is -2.26. The third-order valence-electron chi connectivity index (χ3n) is 6.02. The number of nitrogens with one attached hydrogen (secondary N) is 2. The lowest BCUT2D eigenvalue weighted by atomic mass is 9.99. The number of amides is 1. The molecule has 0 unspecified atom stereocenters. The Hall–Kier alpha value is -2.44. The summed E-state index contributed by atoms with van der Waals surface area (Å²) in [6.07, 6.45) is 3.05. The number of thiazole rings is 1. The van der Waals surface area contributed by atoms with Crippen molar-refractivity contribution in [2.45, 2.75) is 38.1 Å². The fraction of sp³-hybridized carbons (Fsp3) is 0.391. The van der Waals surface area contributed by atoms with Crippen LogP contribution < -0.4 is 15.4 Å². The van der Waals surface area contributed by atoms with E-state index in [1.165, 1.54) is 5.01 Å². The molecule has 6 heteroatoms. The number of rotatable bonds is 3. The molecule has 0 radical (unpaired) electrons. The van der Waals surface area contributed by atoms with Crippen LogP contribution in [0.25, 0.3) is 10.2 Å². The number of aromatic nitrogens is 1. The van der Waals surface area contributed by atoms with Gasteiger partial charge in [0.15, 0.2) is 0 Å². The van der Waals surface area contributed by atoms with Crippen LogP contribution in [0.2, 0.25) is 0 Å². The normalized spacial score (nSPS) is 19.6. The zero-order valence-corrected chi connectivity index (χ0v) is 17.3. The van der Waals surface area contributed by atoms with Gasteiger partial charge in [-0.3, -0.25) is 4.79 Å². The summed E-state index contributed by atoms with van der Waals surface area (Å²) in [6.45, 7) is 4.77. The van der Waals surface area contributed by atoms with Gasteiger partial charge in [0.25, 0.3) is 5.91 Å². The number of hydrogen-bond acceptors (Lipinski definition) is 5. The number of carbonyl (C=O) groups excluding carboxylic acids is 1. The first kappa shape index (κ1) is 18.6. The highest BCUT2D eigenvalue weighted by Gasteiger charge is 2.25. The summed E-state index contributed by atoms with van der Waals surface area (Å²) >= 11 is 1.76. The number of carbonyl (C=O) groups is 1. The van der Waals surface area contributed by atoms with Crippen molar-refractivity contribution >= 4 is 27.5 Å². The minimum atomic E-state index is -0.0251. The molecular weight excluding hydrogens is 382 g/mol. The van der Waals surface area contributed by atoms with E-state index in [9.17, 15) is 4.79 Å². The zero-order valence-electron chi connectivity index (χ0n) is 16.5. The van der Waals surface area contributed by atoms with Gasteiger partial charge < -0.3 is 15.4 Å². The third kappa shape index (κ3) is 3.51. The van der Waals surface area contributed by atoms with Crippen molar-refractivity contribution in [3.8, 4) is 5.75 Å². The molecule has 0 bridgehead atoms. The smallest absolute Gasteiger partial charge is 0.252 e. The number of aryl methyl sites for hydroxylation is 1. The van der Waals surface area contributed by atoms with Gasteiger partial charge in [-0.05, 0) is 56.6 Å². The molecule has 2 N–H and O–H groups in total. The molecule has 2 aliphatic rings. The zero-order chi connectivity index (χ0) is 19.8. The summed E-state index contributed by atoms with van der Waals surface area (Å²) in [5.74, 6) is 1.37. The van der Waals surface area contributed by atoms with Gasteiger partial charge in [-0.15, -0.1) is 11.3 Å². The molecule has 5 rings (SSSR count). The predicted molar refractivity (Wildman–Crippen MR) is 116 cm³/mol. The molecule has 29 heavy (non-hydrogen) atoms. The van der Waals surface area contributed by atoms with E-state index in [2.05, 4.69) is 10.6 Å². The van der Waals surface area contributed by atoms with Gasteiger partial charge in [-0.1, -0.05) is 18.2 Å². The van der Waals surface area contributed by atoms with Crippen LogP contribution in [0.5, 0.6) is 5.75 Å². The van der Waals surface area contributed by atoms with Gasteiger partial charge in [-0.2, -0.15) is 0 Å². The standard InChI is InChI=1S/C23H25N3O2S/c1-14-16(22(27)25-18-10-13-28-20-5-3-2-4-17(18)20)6-7-19-21(14)29-23(26-19)15-8-11-24-12-9-15/h2-7,15,18,24H,8-13H2,1H3,(H,25,27)/t18-/m0/s1. The highest BCUT2D eigenvalue weighted by molar-refractivity contribution is 7.18. The Bertz CT molecular complexity index is 1060. The number of piperidine rings is 1. The molecule has 2 aliphatic heterocycles. The van der Waals surface area contributed by atoms with Crippen molar-refractivity contribution in [1.82, 2.24) is 15.6 Å². The van der Waals surface area contributed by atoms with Crippen LogP contribution in [0.15, 0.2) is 36.4 Å². The maximum Gasteiger partial charge on any atom is 0.252 e. The van der Waals surface area contributed by atoms with E-state index in [4.69, 9.17) is 9.72 Å². The van der Waals surface area contributed by atoms with Crippen molar-refractivity contribution in [2.24, 2.45) is 0 Å². The van der Waals surface area contributed by atoms with Crippen molar-refractivity contribution in [3.05, 3.63) is 58.1 Å². The average molecular weight is 408 g/mol. The highest BCUT2D eigenvalue weighted by Crippen LogP contribution is 2.36. The van der Waals surface area contributed by atoms with E-state index in [0.29, 0.717) is 12.5 Å². The number of fused-ring (bicyclic) bond motifs is 2. The van der Waals surface area contributed by atoms with Gasteiger partial charge in [0, 0.05) is 23.5 Å². The number of benzene rings is 2.